The van der Waals surface area contributed by atoms with Crippen LogP contribution in [0, 0.1) is 23.7 Å². The van der Waals surface area contributed by atoms with E-state index in [9.17, 15) is 0 Å². The third-order valence-corrected chi connectivity index (χ3v) is 8.34. The summed E-state index contributed by atoms with van der Waals surface area (Å²) < 4.78 is 7.62. The molecule has 7 rings (SSSR count). The maximum absolute atomic E-state index is 9.17. The minimum atomic E-state index is 0.344. The average molecular weight is 530 g/mol. The number of aromatic nitrogens is 4. The van der Waals surface area contributed by atoms with Crippen LogP contribution in [0.15, 0.2) is 77.3 Å². The molecule has 0 radical (unpaired) electrons. The van der Waals surface area contributed by atoms with Crippen molar-refractivity contribution in [1.82, 2.24) is 24.6 Å². The zero-order valence-corrected chi connectivity index (χ0v) is 22.6. The lowest BCUT2D eigenvalue weighted by Crippen LogP contribution is -2.57. The van der Waals surface area contributed by atoms with Gasteiger partial charge in [0.1, 0.15) is 0 Å². The number of para-hydroxylation sites is 2. The Morgan fingerprint density at radius 2 is 1.70 bits per heavy atom. The van der Waals surface area contributed by atoms with E-state index in [1.54, 1.807) is 0 Å². The Labute approximate surface area is 233 Å². The molecule has 0 saturated carbocycles. The van der Waals surface area contributed by atoms with Gasteiger partial charge in [-0.15, -0.1) is 0 Å². The van der Waals surface area contributed by atoms with Crippen LogP contribution in [-0.2, 0) is 13.0 Å². The first kappa shape index (κ1) is 24.6. The van der Waals surface area contributed by atoms with Crippen molar-refractivity contribution in [1.29, 1.82) is 5.26 Å². The van der Waals surface area contributed by atoms with Gasteiger partial charge in [-0.2, -0.15) is 10.2 Å². The molecule has 0 amide bonds. The highest BCUT2D eigenvalue weighted by atomic mass is 16.5. The predicted octanol–water partition coefficient (Wildman–Crippen LogP) is 5.07. The van der Waals surface area contributed by atoms with Crippen LogP contribution in [0.4, 0.5) is 5.95 Å². The quantitative estimate of drug-likeness (QED) is 0.291. The van der Waals surface area contributed by atoms with Gasteiger partial charge in [-0.3, -0.25) is 0 Å². The number of fused-ring (bicyclic) bond motifs is 1. The van der Waals surface area contributed by atoms with Crippen molar-refractivity contribution in [3.05, 3.63) is 95.3 Å². The summed E-state index contributed by atoms with van der Waals surface area (Å²) in [6.45, 7) is 7.98. The Morgan fingerprint density at radius 3 is 2.45 bits per heavy atom. The van der Waals surface area contributed by atoms with Gasteiger partial charge in [-0.1, -0.05) is 41.6 Å². The zero-order valence-electron chi connectivity index (χ0n) is 22.6. The topological polar surface area (TPSA) is 87.0 Å². The molecule has 0 N–H and O–H groups in total. The molecule has 8 nitrogen and oxygen atoms in total. The van der Waals surface area contributed by atoms with E-state index in [0.717, 1.165) is 68.2 Å². The number of likely N-dealkylation sites (tertiary alicyclic amines) is 1. The van der Waals surface area contributed by atoms with Crippen molar-refractivity contribution in [3.8, 4) is 17.5 Å². The van der Waals surface area contributed by atoms with Crippen LogP contribution in [-0.4, -0.2) is 57.3 Å². The maximum Gasteiger partial charge on any atom is 0.257 e. The summed E-state index contributed by atoms with van der Waals surface area (Å²) in [5, 5.41) is 13.1. The van der Waals surface area contributed by atoms with Gasteiger partial charge in [0.25, 0.3) is 5.89 Å². The molecule has 0 bridgehead atoms. The standard InChI is InChI=1S/C32H31N7O/c1-23-34-30(40-36-23)27-12-10-24(11-13-27)14-16-37-20-32(21-37)15-17-38(22-32)31-35-28-4-2-3-5-29(28)39(31)19-26-8-6-25(18-33)7-9-26/h2-13H,14-17,19-22H2,1H3. The van der Waals surface area contributed by atoms with Gasteiger partial charge in [-0.05, 0) is 67.3 Å². The fourth-order valence-electron chi connectivity index (χ4n) is 6.27. The number of rotatable bonds is 7. The highest BCUT2D eigenvalue weighted by molar-refractivity contribution is 5.79. The fraction of sp³-hybridized carbons (Fsp3) is 0.312. The summed E-state index contributed by atoms with van der Waals surface area (Å²) in [5.41, 5.74) is 6.67. The van der Waals surface area contributed by atoms with Crippen molar-refractivity contribution in [2.24, 2.45) is 5.41 Å². The third kappa shape index (κ3) is 4.63. The molecule has 1 spiro atoms. The SMILES string of the molecule is Cc1noc(-c2ccc(CCN3CC4(CCN(c5nc6ccccc6n5Cc5ccc(C#N)cc5)C4)C3)cc2)n1. The van der Waals surface area contributed by atoms with Crippen LogP contribution in [0.5, 0.6) is 0 Å². The van der Waals surface area contributed by atoms with Crippen molar-refractivity contribution in [2.75, 3.05) is 37.6 Å². The molecule has 0 aliphatic carbocycles. The second-order valence-electron chi connectivity index (χ2n) is 11.3. The Balaban J connectivity index is 0.997. The fourth-order valence-corrected chi connectivity index (χ4v) is 6.27. The predicted molar refractivity (Wildman–Crippen MR) is 154 cm³/mol. The number of hydrogen-bond acceptors (Lipinski definition) is 7. The van der Waals surface area contributed by atoms with Crippen molar-refractivity contribution >= 4 is 17.0 Å². The largest absolute Gasteiger partial charge is 0.342 e. The third-order valence-electron chi connectivity index (χ3n) is 8.34. The first-order valence-corrected chi connectivity index (χ1v) is 13.9. The van der Waals surface area contributed by atoms with E-state index < -0.39 is 0 Å². The van der Waals surface area contributed by atoms with Crippen LogP contribution in [0.1, 0.15) is 28.9 Å². The van der Waals surface area contributed by atoms with Gasteiger partial charge in [0, 0.05) is 43.7 Å². The van der Waals surface area contributed by atoms with Gasteiger partial charge in [-0.25, -0.2) is 4.98 Å². The van der Waals surface area contributed by atoms with Crippen LogP contribution in [0.25, 0.3) is 22.5 Å². The molecule has 40 heavy (non-hydrogen) atoms. The van der Waals surface area contributed by atoms with Crippen molar-refractivity contribution in [3.63, 3.8) is 0 Å². The molecule has 3 aromatic carbocycles. The van der Waals surface area contributed by atoms with Gasteiger partial charge < -0.3 is 18.9 Å². The molecular formula is C32H31N7O. The Kier molecular flexibility index (Phi) is 6.09. The molecular weight excluding hydrogens is 498 g/mol. The Morgan fingerprint density at radius 1 is 0.925 bits per heavy atom. The van der Waals surface area contributed by atoms with Crippen LogP contribution >= 0.6 is 0 Å². The van der Waals surface area contributed by atoms with Crippen LogP contribution in [0.2, 0.25) is 0 Å². The van der Waals surface area contributed by atoms with E-state index in [1.807, 2.05) is 31.2 Å². The highest BCUT2D eigenvalue weighted by Gasteiger charge is 2.48. The number of aryl methyl sites for hydroxylation is 1. The molecule has 5 aromatic rings. The summed E-state index contributed by atoms with van der Waals surface area (Å²) in [4.78, 5) is 14.5. The van der Waals surface area contributed by atoms with Gasteiger partial charge in [0.05, 0.1) is 29.2 Å². The van der Waals surface area contributed by atoms with E-state index in [0.29, 0.717) is 22.7 Å². The van der Waals surface area contributed by atoms with E-state index in [1.165, 1.54) is 17.5 Å². The van der Waals surface area contributed by atoms with Crippen LogP contribution in [0.3, 0.4) is 0 Å². The molecule has 8 heteroatoms. The van der Waals surface area contributed by atoms with Crippen molar-refractivity contribution in [2.45, 2.75) is 26.3 Å². The summed E-state index contributed by atoms with van der Waals surface area (Å²) in [6.07, 6.45) is 2.23. The lowest BCUT2D eigenvalue weighted by atomic mass is 9.79. The van der Waals surface area contributed by atoms with Crippen molar-refractivity contribution < 1.29 is 4.52 Å². The highest BCUT2D eigenvalue weighted by Crippen LogP contribution is 2.41. The molecule has 2 aliphatic rings. The number of imidazole rings is 1. The van der Waals surface area contributed by atoms with E-state index in [-0.39, 0.29) is 0 Å². The Bertz CT molecular complexity index is 1690. The number of nitriles is 1. The minimum Gasteiger partial charge on any atom is -0.342 e. The smallest absolute Gasteiger partial charge is 0.257 e. The number of benzene rings is 3. The second-order valence-corrected chi connectivity index (χ2v) is 11.3. The normalized spacial score (nSPS) is 16.4. The molecule has 2 aliphatic heterocycles. The number of nitrogens with zero attached hydrogens (tertiary/aromatic N) is 7. The summed E-state index contributed by atoms with van der Waals surface area (Å²) >= 11 is 0. The van der Waals surface area contributed by atoms with Crippen LogP contribution < -0.4 is 4.90 Å². The monoisotopic (exact) mass is 529 g/mol. The van der Waals surface area contributed by atoms with Gasteiger partial charge >= 0.3 is 0 Å². The molecule has 2 fully saturated rings. The average Bonchev–Trinajstić information content (AvgIpc) is 3.69. The maximum atomic E-state index is 9.17. The zero-order chi connectivity index (χ0) is 27.1. The summed E-state index contributed by atoms with van der Waals surface area (Å²) in [5.74, 6) is 2.28. The molecule has 0 unspecified atom stereocenters. The molecule has 2 saturated heterocycles. The van der Waals surface area contributed by atoms with E-state index in [4.69, 9.17) is 14.8 Å². The number of anilines is 1. The first-order valence-electron chi connectivity index (χ1n) is 13.9. The molecule has 0 atom stereocenters. The lowest BCUT2D eigenvalue weighted by Gasteiger charge is -2.48. The first-order chi connectivity index (χ1) is 19.6. The Hall–Kier alpha value is -4.48. The minimum absolute atomic E-state index is 0.344. The van der Waals surface area contributed by atoms with E-state index in [2.05, 4.69) is 79.1 Å². The summed E-state index contributed by atoms with van der Waals surface area (Å²) in [6, 6.07) is 27.0. The lowest BCUT2D eigenvalue weighted by molar-refractivity contribution is 0.0195. The molecule has 200 valence electrons. The van der Waals surface area contributed by atoms with Gasteiger partial charge in [0.2, 0.25) is 5.95 Å². The number of hydrogen-bond donors (Lipinski definition) is 0. The molecule has 2 aromatic heterocycles. The molecule has 4 heterocycles. The summed E-state index contributed by atoms with van der Waals surface area (Å²) in [7, 11) is 0. The van der Waals surface area contributed by atoms with Gasteiger partial charge in [0.15, 0.2) is 5.82 Å². The second kappa shape index (κ2) is 9.92. The van der Waals surface area contributed by atoms with E-state index >= 15 is 0 Å².